The number of carboxylic acids is 1. The van der Waals surface area contributed by atoms with Gasteiger partial charge in [0, 0.05) is 6.61 Å². The molecule has 0 atom stereocenters. The van der Waals surface area contributed by atoms with Gasteiger partial charge in [-0.1, -0.05) is 12.5 Å². The standard InChI is InChI=1S/C14H20O4/c1-11-6-7-12(14(16)17)10-13(11)18-9-5-3-2-4-8-15/h6-7,10,15H,2-5,8-9H2,1H3,(H,16,17). The SMILES string of the molecule is Cc1ccc(C(=O)O)cc1OCCCCCCO. The van der Waals surface area contributed by atoms with Crippen molar-refractivity contribution in [2.75, 3.05) is 13.2 Å². The zero-order chi connectivity index (χ0) is 13.4. The van der Waals surface area contributed by atoms with E-state index in [9.17, 15) is 4.79 Å². The quantitative estimate of drug-likeness (QED) is 0.698. The first-order valence-corrected chi connectivity index (χ1v) is 6.22. The lowest BCUT2D eigenvalue weighted by molar-refractivity contribution is 0.0696. The van der Waals surface area contributed by atoms with E-state index >= 15 is 0 Å². The second-order valence-corrected chi connectivity index (χ2v) is 4.27. The number of benzene rings is 1. The fourth-order valence-corrected chi connectivity index (χ4v) is 1.64. The van der Waals surface area contributed by atoms with Crippen molar-refractivity contribution in [1.82, 2.24) is 0 Å². The highest BCUT2D eigenvalue weighted by Crippen LogP contribution is 2.20. The molecule has 1 rings (SSSR count). The third kappa shape index (κ3) is 4.75. The van der Waals surface area contributed by atoms with Gasteiger partial charge < -0.3 is 14.9 Å². The van der Waals surface area contributed by atoms with Gasteiger partial charge in [-0.2, -0.15) is 0 Å². The molecule has 0 saturated carbocycles. The van der Waals surface area contributed by atoms with Gasteiger partial charge in [-0.25, -0.2) is 4.79 Å². The van der Waals surface area contributed by atoms with Crippen LogP contribution in [0.2, 0.25) is 0 Å². The van der Waals surface area contributed by atoms with Crippen molar-refractivity contribution in [3.63, 3.8) is 0 Å². The Morgan fingerprint density at radius 2 is 1.94 bits per heavy atom. The van der Waals surface area contributed by atoms with Crippen molar-refractivity contribution in [2.24, 2.45) is 0 Å². The van der Waals surface area contributed by atoms with Crippen molar-refractivity contribution in [2.45, 2.75) is 32.6 Å². The number of ether oxygens (including phenoxy) is 1. The van der Waals surface area contributed by atoms with Crippen LogP contribution in [0.15, 0.2) is 18.2 Å². The van der Waals surface area contributed by atoms with Crippen LogP contribution in [0.25, 0.3) is 0 Å². The Hall–Kier alpha value is -1.55. The van der Waals surface area contributed by atoms with Crippen LogP contribution in [0.1, 0.15) is 41.6 Å². The first-order valence-electron chi connectivity index (χ1n) is 6.22. The summed E-state index contributed by atoms with van der Waals surface area (Å²) in [5.74, 6) is -0.306. The first-order chi connectivity index (χ1) is 8.65. The van der Waals surface area contributed by atoms with Crippen LogP contribution in [0.3, 0.4) is 0 Å². The Morgan fingerprint density at radius 1 is 1.22 bits per heavy atom. The summed E-state index contributed by atoms with van der Waals surface area (Å²) in [7, 11) is 0. The monoisotopic (exact) mass is 252 g/mol. The van der Waals surface area contributed by atoms with Gasteiger partial charge >= 0.3 is 5.97 Å². The van der Waals surface area contributed by atoms with E-state index in [0.29, 0.717) is 12.4 Å². The van der Waals surface area contributed by atoms with E-state index in [4.69, 9.17) is 14.9 Å². The average molecular weight is 252 g/mol. The van der Waals surface area contributed by atoms with Gasteiger partial charge in [0.1, 0.15) is 5.75 Å². The summed E-state index contributed by atoms with van der Waals surface area (Å²) in [6.45, 7) is 2.71. The molecular weight excluding hydrogens is 232 g/mol. The molecule has 0 bridgehead atoms. The normalized spacial score (nSPS) is 10.3. The molecule has 1 aromatic carbocycles. The number of rotatable bonds is 8. The van der Waals surface area contributed by atoms with Crippen molar-refractivity contribution >= 4 is 5.97 Å². The highest BCUT2D eigenvalue weighted by atomic mass is 16.5. The molecular formula is C14H20O4. The van der Waals surface area contributed by atoms with Crippen LogP contribution in [-0.2, 0) is 0 Å². The molecule has 18 heavy (non-hydrogen) atoms. The number of aliphatic hydroxyl groups is 1. The van der Waals surface area contributed by atoms with Crippen LogP contribution in [-0.4, -0.2) is 29.4 Å². The second-order valence-electron chi connectivity index (χ2n) is 4.27. The molecule has 2 N–H and O–H groups in total. The van der Waals surface area contributed by atoms with Crippen LogP contribution in [0, 0.1) is 6.92 Å². The molecule has 0 fully saturated rings. The minimum atomic E-state index is -0.942. The second kappa shape index (κ2) is 7.71. The van der Waals surface area contributed by atoms with Gasteiger partial charge in [0.2, 0.25) is 0 Å². The Labute approximate surface area is 107 Å². The van der Waals surface area contributed by atoms with Gasteiger partial charge in [-0.15, -0.1) is 0 Å². The highest BCUT2D eigenvalue weighted by molar-refractivity contribution is 5.88. The van der Waals surface area contributed by atoms with Crippen LogP contribution >= 0.6 is 0 Å². The van der Waals surface area contributed by atoms with Crippen molar-refractivity contribution in [3.8, 4) is 5.75 Å². The summed E-state index contributed by atoms with van der Waals surface area (Å²) in [5.41, 5.74) is 1.19. The van der Waals surface area contributed by atoms with Crippen molar-refractivity contribution < 1.29 is 19.7 Å². The number of hydrogen-bond donors (Lipinski definition) is 2. The summed E-state index contributed by atoms with van der Waals surface area (Å²) in [5, 5.41) is 17.5. The fourth-order valence-electron chi connectivity index (χ4n) is 1.64. The number of hydrogen-bond acceptors (Lipinski definition) is 3. The van der Waals surface area contributed by atoms with E-state index < -0.39 is 5.97 Å². The molecule has 0 unspecified atom stereocenters. The van der Waals surface area contributed by atoms with E-state index in [1.807, 2.05) is 6.92 Å². The van der Waals surface area contributed by atoms with E-state index in [-0.39, 0.29) is 12.2 Å². The molecule has 0 amide bonds. The van der Waals surface area contributed by atoms with E-state index in [2.05, 4.69) is 0 Å². The van der Waals surface area contributed by atoms with Crippen LogP contribution in [0.4, 0.5) is 0 Å². The Morgan fingerprint density at radius 3 is 2.61 bits per heavy atom. The molecule has 0 saturated heterocycles. The zero-order valence-electron chi connectivity index (χ0n) is 10.7. The number of unbranched alkanes of at least 4 members (excludes halogenated alkanes) is 3. The zero-order valence-corrected chi connectivity index (χ0v) is 10.7. The maximum atomic E-state index is 10.8. The summed E-state index contributed by atoms with van der Waals surface area (Å²) in [4.78, 5) is 10.8. The predicted octanol–water partition coefficient (Wildman–Crippen LogP) is 2.62. The highest BCUT2D eigenvalue weighted by Gasteiger charge is 2.06. The molecule has 0 aromatic heterocycles. The van der Waals surface area contributed by atoms with E-state index in [1.54, 1.807) is 18.2 Å². The maximum absolute atomic E-state index is 10.8. The number of aliphatic hydroxyl groups excluding tert-OH is 1. The minimum Gasteiger partial charge on any atom is -0.493 e. The number of aromatic carboxylic acids is 1. The largest absolute Gasteiger partial charge is 0.493 e. The lowest BCUT2D eigenvalue weighted by atomic mass is 10.1. The van der Waals surface area contributed by atoms with Crippen molar-refractivity contribution in [1.29, 1.82) is 0 Å². The third-order valence-electron chi connectivity index (χ3n) is 2.75. The summed E-state index contributed by atoms with van der Waals surface area (Å²) in [6.07, 6.45) is 3.75. The summed E-state index contributed by atoms with van der Waals surface area (Å²) < 4.78 is 5.58. The Bertz CT molecular complexity index is 387. The van der Waals surface area contributed by atoms with E-state index in [1.165, 1.54) is 0 Å². The molecule has 0 radical (unpaired) electrons. The fraction of sp³-hybridized carbons (Fsp3) is 0.500. The van der Waals surface area contributed by atoms with Gasteiger partial charge in [0.05, 0.1) is 12.2 Å². The maximum Gasteiger partial charge on any atom is 0.335 e. The molecule has 0 heterocycles. The smallest absolute Gasteiger partial charge is 0.335 e. The topological polar surface area (TPSA) is 66.8 Å². The lowest BCUT2D eigenvalue weighted by Gasteiger charge is -2.09. The number of carbonyl (C=O) groups is 1. The number of aryl methyl sites for hydroxylation is 1. The molecule has 0 aliphatic heterocycles. The van der Waals surface area contributed by atoms with Gasteiger partial charge in [0.15, 0.2) is 0 Å². The minimum absolute atomic E-state index is 0.237. The van der Waals surface area contributed by atoms with Gasteiger partial charge in [0.25, 0.3) is 0 Å². The van der Waals surface area contributed by atoms with Gasteiger partial charge in [-0.3, -0.25) is 0 Å². The Kier molecular flexibility index (Phi) is 6.22. The molecule has 0 aliphatic rings. The van der Waals surface area contributed by atoms with Crippen molar-refractivity contribution in [3.05, 3.63) is 29.3 Å². The predicted molar refractivity (Wildman–Crippen MR) is 69.2 cm³/mol. The van der Waals surface area contributed by atoms with Crippen LogP contribution < -0.4 is 4.74 Å². The number of carboxylic acid groups (broad SMARTS) is 1. The molecule has 1 aromatic rings. The lowest BCUT2D eigenvalue weighted by Crippen LogP contribution is -2.02. The summed E-state index contributed by atoms with van der Waals surface area (Å²) in [6, 6.07) is 4.89. The third-order valence-corrected chi connectivity index (χ3v) is 2.75. The molecule has 0 spiro atoms. The van der Waals surface area contributed by atoms with Gasteiger partial charge in [-0.05, 0) is 43.9 Å². The molecule has 4 nitrogen and oxygen atoms in total. The Balaban J connectivity index is 2.41. The van der Waals surface area contributed by atoms with E-state index in [0.717, 1.165) is 31.2 Å². The first kappa shape index (κ1) is 14.5. The summed E-state index contributed by atoms with van der Waals surface area (Å²) >= 11 is 0. The van der Waals surface area contributed by atoms with Crippen LogP contribution in [0.5, 0.6) is 5.75 Å². The molecule has 100 valence electrons. The molecule has 4 heteroatoms. The molecule has 0 aliphatic carbocycles. The average Bonchev–Trinajstić information content (AvgIpc) is 2.35.